The van der Waals surface area contributed by atoms with E-state index in [1.54, 1.807) is 12.4 Å². The topological polar surface area (TPSA) is 220 Å². The first-order valence-electron chi connectivity index (χ1n) is 18.9. The molecule has 6 heterocycles. The van der Waals surface area contributed by atoms with E-state index in [1.165, 1.54) is 6.33 Å². The Morgan fingerprint density at radius 3 is 1.81 bits per heavy atom. The van der Waals surface area contributed by atoms with Crippen molar-refractivity contribution < 1.29 is 20.4 Å². The second-order valence-electron chi connectivity index (χ2n) is 16.5. The van der Waals surface area contributed by atoms with Crippen molar-refractivity contribution in [3.8, 4) is 11.4 Å². The van der Waals surface area contributed by atoms with Gasteiger partial charge in [0.1, 0.15) is 41.5 Å². The number of hydrogen-bond donors (Lipinski definition) is 6. The number of nitrogens with two attached hydrogens (primary N) is 2. The van der Waals surface area contributed by atoms with Crippen LogP contribution >= 0.6 is 0 Å². The predicted molar refractivity (Wildman–Crippen MR) is 200 cm³/mol. The van der Waals surface area contributed by atoms with Crippen LogP contribution in [0.25, 0.3) is 33.5 Å². The molecule has 10 rings (SSSR count). The molecular weight excluding hydrogens is 685 g/mol. The van der Waals surface area contributed by atoms with Crippen molar-refractivity contribution in [2.45, 2.75) is 87.9 Å². The highest BCUT2D eigenvalue weighted by molar-refractivity contribution is 6.00. The van der Waals surface area contributed by atoms with Gasteiger partial charge in [-0.25, -0.2) is 19.9 Å². The Morgan fingerprint density at radius 1 is 0.648 bits per heavy atom. The maximum atomic E-state index is 11.6. The van der Waals surface area contributed by atoms with Gasteiger partial charge in [-0.2, -0.15) is 0 Å². The van der Waals surface area contributed by atoms with Gasteiger partial charge in [-0.05, 0) is 93.5 Å². The van der Waals surface area contributed by atoms with E-state index in [4.69, 9.17) is 21.4 Å². The van der Waals surface area contributed by atoms with Crippen LogP contribution in [0.5, 0.6) is 0 Å². The minimum Gasteiger partial charge on any atom is -0.390 e. The summed E-state index contributed by atoms with van der Waals surface area (Å²) in [6.45, 7) is 0. The van der Waals surface area contributed by atoms with E-state index in [0.717, 1.165) is 49.9 Å². The minimum absolute atomic E-state index is 0.231. The zero-order valence-corrected chi connectivity index (χ0v) is 29.7. The lowest BCUT2D eigenvalue weighted by molar-refractivity contribution is -0.0843. The molecule has 0 bridgehead atoms. The molecule has 14 heteroatoms. The second kappa shape index (κ2) is 12.2. The molecule has 0 amide bonds. The molecule has 4 fully saturated rings. The lowest BCUT2D eigenvalue weighted by Crippen LogP contribution is -2.46. The molecule has 0 aromatic carbocycles. The fraction of sp³-hybridized carbons (Fsp3) is 0.450. The molecule has 6 aromatic heterocycles. The summed E-state index contributed by atoms with van der Waals surface area (Å²) < 4.78 is 3.81. The van der Waals surface area contributed by atoms with Gasteiger partial charge in [0.15, 0.2) is 5.82 Å². The molecule has 0 aliphatic heterocycles. The Kier molecular flexibility index (Phi) is 7.61. The first-order chi connectivity index (χ1) is 26.1. The van der Waals surface area contributed by atoms with E-state index >= 15 is 0 Å². The van der Waals surface area contributed by atoms with Gasteiger partial charge >= 0.3 is 0 Å². The Balaban J connectivity index is 0.955. The smallest absolute Gasteiger partial charge is 0.166 e. The number of hydrogen-bond acceptors (Lipinski definition) is 12. The number of fused-ring (bicyclic) bond motifs is 2. The number of aliphatic hydroxyl groups excluding tert-OH is 4. The number of anilines is 2. The van der Waals surface area contributed by atoms with Crippen LogP contribution in [0.1, 0.15) is 62.0 Å². The Hall–Kier alpha value is -5.02. The third kappa shape index (κ3) is 5.07. The van der Waals surface area contributed by atoms with E-state index < -0.39 is 41.9 Å². The summed E-state index contributed by atoms with van der Waals surface area (Å²) in [5.74, 6) is 1.56. The van der Waals surface area contributed by atoms with Crippen LogP contribution in [0.15, 0.2) is 73.6 Å². The first kappa shape index (κ1) is 33.5. The number of aliphatic hydroxyl groups is 4. The molecule has 8 N–H and O–H groups in total. The standard InChI is InChI=1S/C40H44N10O4/c41-34-25-7-10-49(27-17-39(32(53)30(27)51)13-21(14-39)11-23-5-1-3-8-43-23)37(25)48-36(47-34)26-19-50(38-29(26)35(42)45-20-46-38)28-18-40(33(54)31(28)52)15-22(16-40)12-24-6-2-4-9-44-24/h1-10,19-22,27-28,30-33,51-54H,11-18H2,(H2,41,47,48)(H2,42,45,46)/t21?,22?,27-,28-,30+,31+,32+,33+,39?,40?/m1/s1. The molecule has 14 nitrogen and oxygen atoms in total. The highest BCUT2D eigenvalue weighted by atomic mass is 16.3. The summed E-state index contributed by atoms with van der Waals surface area (Å²) in [6.07, 6.45) is 11.0. The maximum Gasteiger partial charge on any atom is 0.166 e. The number of rotatable bonds is 7. The number of aromatic nitrogens is 8. The zero-order valence-electron chi connectivity index (χ0n) is 29.7. The Morgan fingerprint density at radius 2 is 1.24 bits per heavy atom. The number of pyridine rings is 2. The molecule has 6 aromatic rings. The van der Waals surface area contributed by atoms with Crippen LogP contribution in [0.4, 0.5) is 11.6 Å². The van der Waals surface area contributed by atoms with E-state index in [2.05, 4.69) is 19.9 Å². The van der Waals surface area contributed by atoms with Gasteiger partial charge in [-0.1, -0.05) is 12.1 Å². The predicted octanol–water partition coefficient (Wildman–Crippen LogP) is 3.41. The van der Waals surface area contributed by atoms with Crippen molar-refractivity contribution in [3.05, 3.63) is 85.0 Å². The molecule has 4 aliphatic carbocycles. The number of nitrogen functional groups attached to an aromatic ring is 2. The molecule has 0 saturated heterocycles. The van der Waals surface area contributed by atoms with Gasteiger partial charge in [-0.3, -0.25) is 9.97 Å². The highest BCUT2D eigenvalue weighted by Gasteiger charge is 2.60. The quantitative estimate of drug-likeness (QED) is 0.139. The Bertz CT molecular complexity index is 2350. The van der Waals surface area contributed by atoms with Crippen molar-refractivity contribution in [1.82, 2.24) is 39.0 Å². The molecule has 54 heavy (non-hydrogen) atoms. The first-order valence-corrected chi connectivity index (χ1v) is 18.9. The van der Waals surface area contributed by atoms with Crippen molar-refractivity contribution >= 4 is 33.7 Å². The third-order valence-corrected chi connectivity index (χ3v) is 13.3. The molecule has 278 valence electrons. The lowest BCUT2D eigenvalue weighted by atomic mass is 9.58. The molecule has 4 aliphatic rings. The molecule has 6 atom stereocenters. The van der Waals surface area contributed by atoms with E-state index in [1.807, 2.05) is 64.0 Å². The third-order valence-electron chi connectivity index (χ3n) is 13.3. The van der Waals surface area contributed by atoms with Crippen molar-refractivity contribution in [2.75, 3.05) is 11.5 Å². The fourth-order valence-electron chi connectivity index (χ4n) is 10.9. The van der Waals surface area contributed by atoms with Crippen LogP contribution in [0, 0.1) is 22.7 Å². The van der Waals surface area contributed by atoms with Crippen molar-refractivity contribution in [3.63, 3.8) is 0 Å². The molecule has 2 spiro atoms. The summed E-state index contributed by atoms with van der Waals surface area (Å²) in [5.41, 5.74) is 16.0. The Labute approximate surface area is 311 Å². The lowest BCUT2D eigenvalue weighted by Gasteiger charge is -2.47. The van der Waals surface area contributed by atoms with E-state index in [9.17, 15) is 20.4 Å². The summed E-state index contributed by atoms with van der Waals surface area (Å²) >= 11 is 0. The van der Waals surface area contributed by atoms with Crippen LogP contribution in [0.2, 0.25) is 0 Å². The average Bonchev–Trinajstić information content (AvgIpc) is 3.88. The summed E-state index contributed by atoms with van der Waals surface area (Å²) in [4.78, 5) is 27.6. The van der Waals surface area contributed by atoms with E-state index in [-0.39, 0.29) is 17.1 Å². The van der Waals surface area contributed by atoms with Gasteiger partial charge in [0.2, 0.25) is 0 Å². The molecular formula is C40H44N10O4. The van der Waals surface area contributed by atoms with Gasteiger partial charge in [0.25, 0.3) is 0 Å². The monoisotopic (exact) mass is 728 g/mol. The molecule has 4 saturated carbocycles. The zero-order chi connectivity index (χ0) is 36.9. The largest absolute Gasteiger partial charge is 0.390 e. The van der Waals surface area contributed by atoms with E-state index in [0.29, 0.717) is 58.1 Å². The summed E-state index contributed by atoms with van der Waals surface area (Å²) in [7, 11) is 0. The van der Waals surface area contributed by atoms with Crippen molar-refractivity contribution in [2.24, 2.45) is 22.7 Å². The highest BCUT2D eigenvalue weighted by Crippen LogP contribution is 2.61. The SMILES string of the molecule is Nc1nc(-c2cn([C@@H]3CC4(CC(Cc5ccccn5)C4)[C@@H](O)[C@H]3O)c3ncnc(N)c23)nc2c1ccn2[C@@H]1CC2(CC(Cc3ccccn3)C2)[C@@H](O)[C@H]1O. The maximum absolute atomic E-state index is 11.6. The summed E-state index contributed by atoms with van der Waals surface area (Å²) in [5, 5.41) is 47.1. The van der Waals surface area contributed by atoms with Crippen LogP contribution in [-0.2, 0) is 12.8 Å². The molecule has 0 unspecified atom stereocenters. The van der Waals surface area contributed by atoms with Gasteiger partial charge in [0, 0.05) is 47.0 Å². The average molecular weight is 729 g/mol. The van der Waals surface area contributed by atoms with Gasteiger partial charge in [0.05, 0.1) is 40.6 Å². The van der Waals surface area contributed by atoms with Gasteiger partial charge in [-0.15, -0.1) is 0 Å². The van der Waals surface area contributed by atoms with Crippen LogP contribution < -0.4 is 11.5 Å². The van der Waals surface area contributed by atoms with Gasteiger partial charge < -0.3 is 41.0 Å². The minimum atomic E-state index is -1.02. The number of nitrogens with zero attached hydrogens (tertiary/aromatic N) is 8. The second-order valence-corrected chi connectivity index (χ2v) is 16.5. The summed E-state index contributed by atoms with van der Waals surface area (Å²) in [6, 6.07) is 12.8. The fourth-order valence-corrected chi connectivity index (χ4v) is 10.9. The molecule has 0 radical (unpaired) electrons. The van der Waals surface area contributed by atoms with Crippen molar-refractivity contribution in [1.29, 1.82) is 0 Å². The normalized spacial score (nSPS) is 33.2. The van der Waals surface area contributed by atoms with Crippen LogP contribution in [0.3, 0.4) is 0 Å². The van der Waals surface area contributed by atoms with Crippen LogP contribution in [-0.4, -0.2) is 83.9 Å².